The van der Waals surface area contributed by atoms with Gasteiger partial charge < -0.3 is 25.0 Å². The molecule has 0 aromatic carbocycles. The molecule has 82 valence electrons. The Morgan fingerprint density at radius 1 is 1.50 bits per heavy atom. The van der Waals surface area contributed by atoms with Crippen molar-refractivity contribution in [2.45, 2.75) is 37.4 Å². The highest BCUT2D eigenvalue weighted by Crippen LogP contribution is 2.38. The number of β-amino-alcohol motifs (C(OH)–C–C–N with tert-alkyl or cyclic N) is 1. The zero-order valence-electron chi connectivity index (χ0n) is 8.49. The van der Waals surface area contributed by atoms with Crippen LogP contribution in [0.5, 0.6) is 0 Å². The van der Waals surface area contributed by atoms with Gasteiger partial charge in [0.05, 0.1) is 12.7 Å². The van der Waals surface area contributed by atoms with Crippen LogP contribution in [0.2, 0.25) is 0 Å². The van der Waals surface area contributed by atoms with Crippen LogP contribution in [0.4, 0.5) is 0 Å². The second-order valence-electron chi connectivity index (χ2n) is 4.46. The molecule has 2 rings (SSSR count). The zero-order valence-corrected chi connectivity index (χ0v) is 8.49. The molecule has 0 radical (unpaired) electrons. The number of fused-ring (bicyclic) bond motifs is 1. The van der Waals surface area contributed by atoms with Gasteiger partial charge in [0.2, 0.25) is 0 Å². The van der Waals surface area contributed by atoms with Gasteiger partial charge in [-0.3, -0.25) is 0 Å². The van der Waals surface area contributed by atoms with E-state index in [1.807, 2.05) is 0 Å². The summed E-state index contributed by atoms with van der Waals surface area (Å²) in [6.07, 6.45) is -1.07. The second-order valence-corrected chi connectivity index (χ2v) is 4.46. The lowest BCUT2D eigenvalue weighted by molar-refractivity contribution is -0.168. The molecular formula is C9H17NO4. The van der Waals surface area contributed by atoms with Crippen LogP contribution in [0, 0.1) is 0 Å². The lowest BCUT2D eigenvalue weighted by atomic mass is 9.90. The fourth-order valence-electron chi connectivity index (χ4n) is 2.27. The molecule has 0 aromatic heterocycles. The molecule has 2 saturated heterocycles. The van der Waals surface area contributed by atoms with Gasteiger partial charge in [0, 0.05) is 13.1 Å². The lowest BCUT2D eigenvalue weighted by Gasteiger charge is -2.38. The molecule has 14 heavy (non-hydrogen) atoms. The summed E-state index contributed by atoms with van der Waals surface area (Å²) in [7, 11) is 0. The summed E-state index contributed by atoms with van der Waals surface area (Å²) >= 11 is 0. The predicted octanol–water partition coefficient (Wildman–Crippen LogP) is -1.17. The van der Waals surface area contributed by atoms with Crippen molar-refractivity contribution >= 4 is 0 Å². The number of hydrogen-bond acceptors (Lipinski definition) is 5. The standard InChI is InChI=1S/C9H17NO4/c1-8(2)13-7-6(12)3-10-4-9(7,5-11)14-8/h6-7,10-12H,3-5H2,1-2H3/t6-,7+,9+/m1/s1. The number of aliphatic hydroxyl groups excluding tert-OH is 2. The maximum atomic E-state index is 9.73. The molecule has 2 aliphatic heterocycles. The smallest absolute Gasteiger partial charge is 0.164 e. The molecule has 0 unspecified atom stereocenters. The van der Waals surface area contributed by atoms with E-state index in [1.165, 1.54) is 0 Å². The summed E-state index contributed by atoms with van der Waals surface area (Å²) in [6.45, 7) is 4.41. The SMILES string of the molecule is CC1(C)O[C@H]2[C@H](O)CNC[C@@]2(CO)O1. The normalized spacial score (nSPS) is 46.3. The lowest BCUT2D eigenvalue weighted by Crippen LogP contribution is -2.62. The van der Waals surface area contributed by atoms with Gasteiger partial charge in [-0.05, 0) is 13.8 Å². The number of aliphatic hydroxyl groups is 2. The first-order chi connectivity index (χ1) is 6.49. The molecule has 2 fully saturated rings. The van der Waals surface area contributed by atoms with Crippen LogP contribution in [0.25, 0.3) is 0 Å². The molecular weight excluding hydrogens is 186 g/mol. The summed E-state index contributed by atoms with van der Waals surface area (Å²) in [5, 5.41) is 22.1. The summed E-state index contributed by atoms with van der Waals surface area (Å²) in [5.74, 6) is -0.736. The van der Waals surface area contributed by atoms with Crippen molar-refractivity contribution < 1.29 is 19.7 Å². The Labute approximate surface area is 83.0 Å². The summed E-state index contributed by atoms with van der Waals surface area (Å²) in [4.78, 5) is 0. The molecule has 0 aliphatic carbocycles. The quantitative estimate of drug-likeness (QED) is 0.501. The average molecular weight is 203 g/mol. The van der Waals surface area contributed by atoms with E-state index in [4.69, 9.17) is 9.47 Å². The van der Waals surface area contributed by atoms with Crippen LogP contribution in [-0.2, 0) is 9.47 Å². The van der Waals surface area contributed by atoms with Crippen LogP contribution >= 0.6 is 0 Å². The minimum Gasteiger partial charge on any atom is -0.393 e. The molecule has 2 aliphatic rings. The van der Waals surface area contributed by atoms with Gasteiger partial charge in [-0.15, -0.1) is 0 Å². The first kappa shape index (κ1) is 10.3. The Morgan fingerprint density at radius 3 is 2.79 bits per heavy atom. The van der Waals surface area contributed by atoms with Gasteiger partial charge in [0.1, 0.15) is 11.7 Å². The third kappa shape index (κ3) is 1.45. The Hall–Kier alpha value is -0.200. The number of nitrogens with one attached hydrogen (secondary N) is 1. The van der Waals surface area contributed by atoms with Crippen molar-refractivity contribution in [2.75, 3.05) is 19.7 Å². The number of piperidine rings is 1. The summed E-state index contributed by atoms with van der Waals surface area (Å²) in [5.41, 5.74) is -0.791. The van der Waals surface area contributed by atoms with Gasteiger partial charge >= 0.3 is 0 Å². The van der Waals surface area contributed by atoms with Crippen molar-refractivity contribution in [1.29, 1.82) is 0 Å². The highest BCUT2D eigenvalue weighted by Gasteiger charge is 2.57. The topological polar surface area (TPSA) is 71.0 Å². The number of ether oxygens (including phenoxy) is 2. The monoisotopic (exact) mass is 203 g/mol. The van der Waals surface area contributed by atoms with E-state index < -0.39 is 23.6 Å². The fraction of sp³-hybridized carbons (Fsp3) is 1.00. The van der Waals surface area contributed by atoms with E-state index in [-0.39, 0.29) is 6.61 Å². The van der Waals surface area contributed by atoms with Crippen molar-refractivity contribution in [3.8, 4) is 0 Å². The van der Waals surface area contributed by atoms with Gasteiger partial charge in [0.25, 0.3) is 0 Å². The van der Waals surface area contributed by atoms with Crippen molar-refractivity contribution in [3.63, 3.8) is 0 Å². The third-order valence-corrected chi connectivity index (χ3v) is 2.77. The number of hydrogen-bond donors (Lipinski definition) is 3. The van der Waals surface area contributed by atoms with Crippen molar-refractivity contribution in [2.24, 2.45) is 0 Å². The van der Waals surface area contributed by atoms with Gasteiger partial charge in [-0.25, -0.2) is 0 Å². The maximum Gasteiger partial charge on any atom is 0.164 e. The first-order valence-electron chi connectivity index (χ1n) is 4.87. The van der Waals surface area contributed by atoms with Crippen LogP contribution in [-0.4, -0.2) is 53.5 Å². The van der Waals surface area contributed by atoms with Crippen LogP contribution in [0.1, 0.15) is 13.8 Å². The fourth-order valence-corrected chi connectivity index (χ4v) is 2.27. The van der Waals surface area contributed by atoms with Gasteiger partial charge in [0.15, 0.2) is 5.79 Å². The average Bonchev–Trinajstić information content (AvgIpc) is 2.38. The molecule has 0 amide bonds. The zero-order chi connectivity index (χ0) is 10.4. The van der Waals surface area contributed by atoms with Crippen molar-refractivity contribution in [3.05, 3.63) is 0 Å². The highest BCUT2D eigenvalue weighted by atomic mass is 16.8. The van der Waals surface area contributed by atoms with E-state index in [9.17, 15) is 10.2 Å². The van der Waals surface area contributed by atoms with E-state index in [0.29, 0.717) is 13.1 Å². The van der Waals surface area contributed by atoms with E-state index in [0.717, 1.165) is 0 Å². The molecule has 2 heterocycles. The summed E-state index contributed by atoms with van der Waals surface area (Å²) < 4.78 is 11.3. The highest BCUT2D eigenvalue weighted by molar-refractivity contribution is 5.04. The molecule has 3 N–H and O–H groups in total. The van der Waals surface area contributed by atoms with Crippen LogP contribution < -0.4 is 5.32 Å². The van der Waals surface area contributed by atoms with E-state index in [1.54, 1.807) is 13.8 Å². The predicted molar refractivity (Wildman–Crippen MR) is 48.7 cm³/mol. The minimum absolute atomic E-state index is 0.148. The van der Waals surface area contributed by atoms with Crippen molar-refractivity contribution in [1.82, 2.24) is 5.32 Å². The number of rotatable bonds is 1. The Kier molecular flexibility index (Phi) is 2.32. The van der Waals surface area contributed by atoms with Crippen LogP contribution in [0.3, 0.4) is 0 Å². The maximum absolute atomic E-state index is 9.73. The molecule has 0 bridgehead atoms. The van der Waals surface area contributed by atoms with Gasteiger partial charge in [-0.1, -0.05) is 0 Å². The molecule has 0 spiro atoms. The van der Waals surface area contributed by atoms with Gasteiger partial charge in [-0.2, -0.15) is 0 Å². The Bertz CT molecular complexity index is 233. The Morgan fingerprint density at radius 2 is 2.21 bits per heavy atom. The first-order valence-corrected chi connectivity index (χ1v) is 4.87. The summed E-state index contributed by atoms with van der Waals surface area (Å²) in [6, 6.07) is 0. The molecule has 5 heteroatoms. The largest absolute Gasteiger partial charge is 0.393 e. The van der Waals surface area contributed by atoms with E-state index in [2.05, 4.69) is 5.32 Å². The van der Waals surface area contributed by atoms with E-state index >= 15 is 0 Å². The molecule has 0 saturated carbocycles. The molecule has 3 atom stereocenters. The Balaban J connectivity index is 2.25. The van der Waals surface area contributed by atoms with Crippen LogP contribution in [0.15, 0.2) is 0 Å². The molecule has 0 aromatic rings. The molecule has 5 nitrogen and oxygen atoms in total. The third-order valence-electron chi connectivity index (χ3n) is 2.77. The second kappa shape index (κ2) is 3.15. The minimum atomic E-state index is -0.791.